The molecule has 1 aliphatic heterocycles. The van der Waals surface area contributed by atoms with E-state index < -0.39 is 0 Å². The second-order valence-corrected chi connectivity index (χ2v) is 6.29. The lowest BCUT2D eigenvalue weighted by atomic mass is 10.1. The number of nitrogens with one attached hydrogen (secondary N) is 1. The largest absolute Gasteiger partial charge is 0.459 e. The van der Waals surface area contributed by atoms with Crippen molar-refractivity contribution in [3.05, 3.63) is 60.3 Å². The van der Waals surface area contributed by atoms with E-state index >= 15 is 0 Å². The number of hydrogen-bond acceptors (Lipinski definition) is 5. The van der Waals surface area contributed by atoms with Crippen LogP contribution in [0.5, 0.6) is 0 Å². The summed E-state index contributed by atoms with van der Waals surface area (Å²) in [5, 5.41) is 6.67. The van der Waals surface area contributed by atoms with Gasteiger partial charge in [0.1, 0.15) is 6.33 Å². The van der Waals surface area contributed by atoms with Gasteiger partial charge in [-0.3, -0.25) is 14.7 Å². The highest BCUT2D eigenvalue weighted by atomic mass is 16.3. The molecule has 1 aliphatic rings. The lowest BCUT2D eigenvalue weighted by molar-refractivity contribution is 0.0700. The molecule has 0 spiro atoms. The quantitative estimate of drug-likeness (QED) is 0.766. The average molecular weight is 365 g/mol. The van der Waals surface area contributed by atoms with Crippen LogP contribution in [0.2, 0.25) is 0 Å². The summed E-state index contributed by atoms with van der Waals surface area (Å²) in [4.78, 5) is 33.3. The van der Waals surface area contributed by atoms with Gasteiger partial charge in [0.05, 0.1) is 11.8 Å². The minimum absolute atomic E-state index is 0.0747. The Morgan fingerprint density at radius 1 is 0.963 bits per heavy atom. The van der Waals surface area contributed by atoms with Crippen LogP contribution in [0.4, 0.5) is 0 Å². The molecule has 3 heterocycles. The molecule has 0 saturated carbocycles. The van der Waals surface area contributed by atoms with Crippen molar-refractivity contribution in [1.82, 2.24) is 25.0 Å². The van der Waals surface area contributed by atoms with Gasteiger partial charge < -0.3 is 14.2 Å². The summed E-state index contributed by atoms with van der Waals surface area (Å²) in [5.74, 6) is 0.666. The van der Waals surface area contributed by atoms with Gasteiger partial charge in [0, 0.05) is 31.7 Å². The van der Waals surface area contributed by atoms with Crippen LogP contribution in [-0.4, -0.2) is 63.0 Å². The summed E-state index contributed by atoms with van der Waals surface area (Å²) in [6.45, 7) is 2.12. The van der Waals surface area contributed by atoms with Crippen LogP contribution in [0.3, 0.4) is 0 Å². The Morgan fingerprint density at radius 3 is 2.44 bits per heavy atom. The fraction of sp³-hybridized carbons (Fsp3) is 0.263. The zero-order chi connectivity index (χ0) is 18.6. The third-order valence-corrected chi connectivity index (χ3v) is 4.63. The number of hydrogen-bond donors (Lipinski definition) is 1. The van der Waals surface area contributed by atoms with Crippen LogP contribution in [-0.2, 0) is 0 Å². The van der Waals surface area contributed by atoms with E-state index in [-0.39, 0.29) is 11.8 Å². The lowest BCUT2D eigenvalue weighted by Crippen LogP contribution is -2.37. The first kappa shape index (κ1) is 17.0. The standard InChI is InChI=1S/C19H19N5O3/c25-18(15-6-2-1-5-14(15)17-20-13-21-22-17)23-8-4-9-24(11-10-23)19(26)16-7-3-12-27-16/h1-3,5-7,12-13H,4,8-11H2,(H,20,21,22). The highest BCUT2D eigenvalue weighted by Crippen LogP contribution is 2.22. The Hall–Kier alpha value is -3.42. The van der Waals surface area contributed by atoms with Gasteiger partial charge in [-0.25, -0.2) is 4.98 Å². The minimum Gasteiger partial charge on any atom is -0.459 e. The number of rotatable bonds is 3. The first-order chi connectivity index (χ1) is 13.2. The van der Waals surface area contributed by atoms with Crippen LogP contribution >= 0.6 is 0 Å². The third kappa shape index (κ3) is 3.46. The van der Waals surface area contributed by atoms with Gasteiger partial charge in [-0.2, -0.15) is 5.10 Å². The van der Waals surface area contributed by atoms with Gasteiger partial charge in [-0.05, 0) is 24.6 Å². The molecule has 4 rings (SSSR count). The third-order valence-electron chi connectivity index (χ3n) is 4.63. The van der Waals surface area contributed by atoms with Crippen molar-refractivity contribution in [1.29, 1.82) is 0 Å². The van der Waals surface area contributed by atoms with Gasteiger partial charge in [0.2, 0.25) is 0 Å². The maximum absolute atomic E-state index is 13.1. The van der Waals surface area contributed by atoms with Crippen molar-refractivity contribution < 1.29 is 14.0 Å². The summed E-state index contributed by atoms with van der Waals surface area (Å²) in [7, 11) is 0. The summed E-state index contributed by atoms with van der Waals surface area (Å²) in [6.07, 6.45) is 3.62. The van der Waals surface area contributed by atoms with Crippen LogP contribution in [0.15, 0.2) is 53.4 Å². The highest BCUT2D eigenvalue weighted by Gasteiger charge is 2.26. The number of aromatic amines is 1. The van der Waals surface area contributed by atoms with Crippen molar-refractivity contribution >= 4 is 11.8 Å². The van der Waals surface area contributed by atoms with E-state index in [1.54, 1.807) is 28.0 Å². The molecule has 1 aromatic carbocycles. The van der Waals surface area contributed by atoms with Gasteiger partial charge in [0.25, 0.3) is 11.8 Å². The molecular formula is C19H19N5O3. The Balaban J connectivity index is 1.50. The predicted octanol–water partition coefficient (Wildman–Crippen LogP) is 2.05. The molecule has 0 unspecified atom stereocenters. The van der Waals surface area contributed by atoms with Crippen LogP contribution in [0, 0.1) is 0 Å². The molecule has 8 nitrogen and oxygen atoms in total. The molecule has 27 heavy (non-hydrogen) atoms. The number of aromatic nitrogens is 3. The lowest BCUT2D eigenvalue weighted by Gasteiger charge is -2.22. The maximum Gasteiger partial charge on any atom is 0.289 e. The van der Waals surface area contributed by atoms with E-state index in [1.165, 1.54) is 12.6 Å². The number of carbonyl (C=O) groups is 2. The van der Waals surface area contributed by atoms with E-state index in [4.69, 9.17) is 4.42 Å². The van der Waals surface area contributed by atoms with E-state index in [0.29, 0.717) is 55.3 Å². The molecular weight excluding hydrogens is 346 g/mol. The first-order valence-electron chi connectivity index (χ1n) is 8.81. The molecule has 138 valence electrons. The highest BCUT2D eigenvalue weighted by molar-refractivity contribution is 6.00. The minimum atomic E-state index is -0.142. The normalized spacial score (nSPS) is 14.8. The van der Waals surface area contributed by atoms with E-state index in [0.717, 1.165) is 0 Å². The Labute approximate surface area is 155 Å². The fourth-order valence-corrected chi connectivity index (χ4v) is 3.26. The van der Waals surface area contributed by atoms with Crippen molar-refractivity contribution in [3.63, 3.8) is 0 Å². The van der Waals surface area contributed by atoms with Crippen LogP contribution < -0.4 is 0 Å². The molecule has 1 fully saturated rings. The second-order valence-electron chi connectivity index (χ2n) is 6.29. The Morgan fingerprint density at radius 2 is 1.74 bits per heavy atom. The number of amides is 2. The topological polar surface area (TPSA) is 95.3 Å². The predicted molar refractivity (Wildman–Crippen MR) is 97.0 cm³/mol. The fourth-order valence-electron chi connectivity index (χ4n) is 3.26. The van der Waals surface area contributed by atoms with Gasteiger partial charge in [-0.1, -0.05) is 18.2 Å². The zero-order valence-corrected chi connectivity index (χ0v) is 14.7. The molecule has 0 aliphatic carbocycles. The number of H-pyrrole nitrogens is 1. The van der Waals surface area contributed by atoms with Crippen molar-refractivity contribution in [2.45, 2.75) is 6.42 Å². The van der Waals surface area contributed by atoms with Gasteiger partial charge in [0.15, 0.2) is 11.6 Å². The molecule has 0 radical (unpaired) electrons. The molecule has 1 saturated heterocycles. The summed E-state index contributed by atoms with van der Waals surface area (Å²) >= 11 is 0. The second kappa shape index (κ2) is 7.45. The molecule has 8 heteroatoms. The van der Waals surface area contributed by atoms with Crippen molar-refractivity contribution in [3.8, 4) is 11.4 Å². The Kier molecular flexibility index (Phi) is 4.69. The number of nitrogens with zero attached hydrogens (tertiary/aromatic N) is 4. The number of carbonyl (C=O) groups excluding carboxylic acids is 2. The van der Waals surface area contributed by atoms with Crippen molar-refractivity contribution in [2.24, 2.45) is 0 Å². The smallest absolute Gasteiger partial charge is 0.289 e. The van der Waals surface area contributed by atoms with Gasteiger partial charge >= 0.3 is 0 Å². The first-order valence-corrected chi connectivity index (χ1v) is 8.81. The van der Waals surface area contributed by atoms with Crippen LogP contribution in [0.25, 0.3) is 11.4 Å². The van der Waals surface area contributed by atoms with E-state index in [1.807, 2.05) is 18.2 Å². The molecule has 2 aromatic heterocycles. The molecule has 0 bridgehead atoms. The monoisotopic (exact) mass is 365 g/mol. The Bertz CT molecular complexity index is 921. The molecule has 0 atom stereocenters. The number of furan rings is 1. The molecule has 1 N–H and O–H groups in total. The molecule has 3 aromatic rings. The number of benzene rings is 1. The SMILES string of the molecule is O=C(c1ccco1)N1CCCN(C(=O)c2ccccc2-c2ncn[nH]2)CC1. The summed E-state index contributed by atoms with van der Waals surface area (Å²) in [5.41, 5.74) is 1.29. The maximum atomic E-state index is 13.1. The van der Waals surface area contributed by atoms with E-state index in [2.05, 4.69) is 15.2 Å². The van der Waals surface area contributed by atoms with Crippen LogP contribution in [0.1, 0.15) is 27.3 Å². The summed E-state index contributed by atoms with van der Waals surface area (Å²) in [6, 6.07) is 10.7. The zero-order valence-electron chi connectivity index (χ0n) is 14.7. The van der Waals surface area contributed by atoms with Crippen molar-refractivity contribution in [2.75, 3.05) is 26.2 Å². The average Bonchev–Trinajstić information content (AvgIpc) is 3.37. The molecule has 2 amide bonds. The van der Waals surface area contributed by atoms with E-state index in [9.17, 15) is 9.59 Å². The van der Waals surface area contributed by atoms with Gasteiger partial charge in [-0.15, -0.1) is 0 Å². The summed E-state index contributed by atoms with van der Waals surface area (Å²) < 4.78 is 5.20.